The van der Waals surface area contributed by atoms with Crippen molar-refractivity contribution >= 4 is 58.2 Å². The molecule has 0 bridgehead atoms. The van der Waals surface area contributed by atoms with Gasteiger partial charge < -0.3 is 13.9 Å². The lowest BCUT2D eigenvalue weighted by Gasteiger charge is -2.24. The number of halogens is 3. The van der Waals surface area contributed by atoms with Crippen LogP contribution in [-0.4, -0.2) is 30.9 Å². The van der Waals surface area contributed by atoms with E-state index in [9.17, 15) is 9.59 Å². The lowest BCUT2D eigenvalue weighted by Crippen LogP contribution is -2.40. The van der Waals surface area contributed by atoms with Gasteiger partial charge in [-0.25, -0.2) is 9.79 Å². The maximum atomic E-state index is 13.8. The highest BCUT2D eigenvalue weighted by Crippen LogP contribution is 2.35. The normalized spacial score (nSPS) is 15.3. The molecule has 0 amide bonds. The highest BCUT2D eigenvalue weighted by Gasteiger charge is 2.33. The molecule has 11 heteroatoms. The van der Waals surface area contributed by atoms with Crippen molar-refractivity contribution in [3.8, 4) is 11.3 Å². The van der Waals surface area contributed by atoms with Gasteiger partial charge in [-0.2, -0.15) is 0 Å². The van der Waals surface area contributed by atoms with E-state index >= 15 is 0 Å². The van der Waals surface area contributed by atoms with E-state index < -0.39 is 12.0 Å². The zero-order valence-electron chi connectivity index (χ0n) is 20.7. The van der Waals surface area contributed by atoms with Gasteiger partial charge in [0, 0.05) is 23.8 Å². The van der Waals surface area contributed by atoms with Gasteiger partial charge >= 0.3 is 5.97 Å². The fourth-order valence-corrected chi connectivity index (χ4v) is 5.78. The van der Waals surface area contributed by atoms with Crippen molar-refractivity contribution in [2.24, 2.45) is 4.99 Å². The SMILES string of the molecule is COCCOC(=O)C1=C(C)N=c2sc(=Cc3ccc(-c4cccc(Cl)c4Cl)o3)c(=O)n2C1c1ccc(Cl)cc1. The Hall–Kier alpha value is -3.14. The summed E-state index contributed by atoms with van der Waals surface area (Å²) < 4.78 is 18.3. The number of methoxy groups -OCH3 is 1. The fourth-order valence-electron chi connectivity index (χ4n) is 4.24. The van der Waals surface area contributed by atoms with Crippen LogP contribution < -0.4 is 14.9 Å². The third-order valence-corrected chi connectivity index (χ3v) is 8.12. The third kappa shape index (κ3) is 5.48. The number of carbonyl (C=O) groups excluding carboxylic acids is 1. The first kappa shape index (κ1) is 27.4. The van der Waals surface area contributed by atoms with Crippen LogP contribution in [0.3, 0.4) is 0 Å². The van der Waals surface area contributed by atoms with Gasteiger partial charge in [-0.05, 0) is 48.9 Å². The lowest BCUT2D eigenvalue weighted by molar-refractivity contribution is -0.140. The van der Waals surface area contributed by atoms with Gasteiger partial charge in [0.15, 0.2) is 4.80 Å². The van der Waals surface area contributed by atoms with Crippen molar-refractivity contribution in [3.05, 3.63) is 112 Å². The highest BCUT2D eigenvalue weighted by atomic mass is 35.5. The molecule has 5 rings (SSSR count). The topological polar surface area (TPSA) is 83.0 Å². The predicted molar refractivity (Wildman–Crippen MR) is 152 cm³/mol. The molecular weight excluding hydrogens is 583 g/mol. The minimum Gasteiger partial charge on any atom is -0.460 e. The van der Waals surface area contributed by atoms with Gasteiger partial charge in [0.1, 0.15) is 18.1 Å². The number of furan rings is 1. The number of nitrogens with zero attached hydrogens (tertiary/aromatic N) is 2. The van der Waals surface area contributed by atoms with Crippen LogP contribution >= 0.6 is 46.1 Å². The molecule has 0 saturated heterocycles. The average molecular weight is 604 g/mol. The number of rotatable bonds is 7. The van der Waals surface area contributed by atoms with E-state index in [1.54, 1.807) is 67.6 Å². The number of hydrogen-bond donors (Lipinski definition) is 0. The number of thiazole rings is 1. The Bertz CT molecular complexity index is 1770. The zero-order valence-corrected chi connectivity index (χ0v) is 23.8. The molecule has 0 fully saturated rings. The highest BCUT2D eigenvalue weighted by molar-refractivity contribution is 7.07. The first-order chi connectivity index (χ1) is 18.8. The second-order valence-electron chi connectivity index (χ2n) is 8.57. The molecular formula is C28H21Cl3N2O5S. The molecule has 0 spiro atoms. The Morgan fingerprint density at radius 1 is 1.10 bits per heavy atom. The number of hydrogen-bond acceptors (Lipinski definition) is 7. The van der Waals surface area contributed by atoms with Crippen LogP contribution in [0.2, 0.25) is 15.1 Å². The fraction of sp³-hybridized carbons (Fsp3) is 0.179. The smallest absolute Gasteiger partial charge is 0.338 e. The molecule has 0 N–H and O–H groups in total. The molecule has 2 aromatic carbocycles. The second-order valence-corrected chi connectivity index (χ2v) is 10.8. The quantitative estimate of drug-likeness (QED) is 0.202. The Labute approximate surface area is 242 Å². The molecule has 39 heavy (non-hydrogen) atoms. The first-order valence-electron chi connectivity index (χ1n) is 11.8. The molecule has 2 aromatic heterocycles. The van der Waals surface area contributed by atoms with Crippen molar-refractivity contribution in [2.45, 2.75) is 13.0 Å². The number of ether oxygens (including phenoxy) is 2. The van der Waals surface area contributed by atoms with Crippen LogP contribution in [0, 0.1) is 0 Å². The van der Waals surface area contributed by atoms with Crippen molar-refractivity contribution < 1.29 is 18.7 Å². The third-order valence-electron chi connectivity index (χ3n) is 6.07. The molecule has 0 radical (unpaired) electrons. The molecule has 1 aliphatic heterocycles. The minimum absolute atomic E-state index is 0.0708. The summed E-state index contributed by atoms with van der Waals surface area (Å²) in [5, 5.41) is 1.32. The molecule has 7 nitrogen and oxygen atoms in total. The number of esters is 1. The van der Waals surface area contributed by atoms with Crippen LogP contribution in [-0.2, 0) is 14.3 Å². The Morgan fingerprint density at radius 3 is 2.62 bits per heavy atom. The molecule has 3 heterocycles. The molecule has 200 valence electrons. The Balaban J connectivity index is 1.60. The van der Waals surface area contributed by atoms with E-state index in [1.165, 1.54) is 23.0 Å². The van der Waals surface area contributed by atoms with Gasteiger partial charge in [0.2, 0.25) is 0 Å². The van der Waals surface area contributed by atoms with Crippen LogP contribution in [0.1, 0.15) is 24.3 Å². The molecule has 1 atom stereocenters. The molecule has 4 aromatic rings. The molecule has 0 aliphatic carbocycles. The number of aromatic nitrogens is 1. The number of allylic oxidation sites excluding steroid dienone is 1. The summed E-state index contributed by atoms with van der Waals surface area (Å²) in [6.45, 7) is 2.04. The van der Waals surface area contributed by atoms with Gasteiger partial charge in [-0.15, -0.1) is 0 Å². The van der Waals surface area contributed by atoms with Gasteiger partial charge in [-0.3, -0.25) is 9.36 Å². The van der Waals surface area contributed by atoms with Gasteiger partial charge in [0.25, 0.3) is 5.56 Å². The monoisotopic (exact) mass is 602 g/mol. The van der Waals surface area contributed by atoms with Crippen molar-refractivity contribution in [1.82, 2.24) is 4.57 Å². The van der Waals surface area contributed by atoms with E-state index in [-0.39, 0.29) is 24.3 Å². The summed E-state index contributed by atoms with van der Waals surface area (Å²) in [7, 11) is 1.52. The minimum atomic E-state index is -0.756. The maximum absolute atomic E-state index is 13.8. The summed E-state index contributed by atoms with van der Waals surface area (Å²) in [5.41, 5.74) is 1.73. The lowest BCUT2D eigenvalue weighted by atomic mass is 9.96. The Morgan fingerprint density at radius 2 is 1.87 bits per heavy atom. The predicted octanol–water partition coefficient (Wildman–Crippen LogP) is 5.65. The van der Waals surface area contributed by atoms with Gasteiger partial charge in [0.05, 0.1) is 38.5 Å². The van der Waals surface area contributed by atoms with Crippen molar-refractivity contribution in [1.29, 1.82) is 0 Å². The van der Waals surface area contributed by atoms with E-state index in [2.05, 4.69) is 4.99 Å². The molecule has 1 unspecified atom stereocenters. The van der Waals surface area contributed by atoms with E-state index in [0.717, 1.165) is 0 Å². The summed E-state index contributed by atoms with van der Waals surface area (Å²) in [6, 6.07) is 15.0. The van der Waals surface area contributed by atoms with Crippen LogP contribution in [0.15, 0.2) is 80.1 Å². The standard InChI is InChI=1S/C28H21Cl3N2O5S/c1-15-23(27(35)37-13-12-36-2)25(16-6-8-17(29)9-7-16)33-26(34)22(39-28(33)32-15)14-18-10-11-21(38-18)19-4-3-5-20(30)24(19)31/h3-11,14,25H,12-13H2,1-2H3. The second kappa shape index (κ2) is 11.5. The van der Waals surface area contributed by atoms with Crippen molar-refractivity contribution in [3.63, 3.8) is 0 Å². The summed E-state index contributed by atoms with van der Waals surface area (Å²) in [6.07, 6.45) is 1.64. The van der Waals surface area contributed by atoms with Crippen molar-refractivity contribution in [2.75, 3.05) is 20.3 Å². The Kier molecular flexibility index (Phi) is 8.11. The first-order valence-corrected chi connectivity index (χ1v) is 13.7. The van der Waals surface area contributed by atoms with E-state index in [1.807, 2.05) is 0 Å². The van der Waals surface area contributed by atoms with E-state index in [0.29, 0.717) is 52.7 Å². The maximum Gasteiger partial charge on any atom is 0.338 e. The number of benzene rings is 2. The summed E-state index contributed by atoms with van der Waals surface area (Å²) >= 11 is 19.8. The summed E-state index contributed by atoms with van der Waals surface area (Å²) in [4.78, 5) is 32.0. The van der Waals surface area contributed by atoms with E-state index in [4.69, 9.17) is 48.7 Å². The zero-order chi connectivity index (χ0) is 27.7. The number of carbonyl (C=O) groups is 1. The average Bonchev–Trinajstić information content (AvgIpc) is 3.49. The molecule has 0 saturated carbocycles. The summed E-state index contributed by atoms with van der Waals surface area (Å²) in [5.74, 6) is 0.387. The largest absolute Gasteiger partial charge is 0.460 e. The van der Waals surface area contributed by atoms with Gasteiger partial charge in [-0.1, -0.05) is 64.3 Å². The van der Waals surface area contributed by atoms with Crippen LogP contribution in [0.25, 0.3) is 17.4 Å². The van der Waals surface area contributed by atoms with Crippen LogP contribution in [0.5, 0.6) is 0 Å². The van der Waals surface area contributed by atoms with Crippen LogP contribution in [0.4, 0.5) is 0 Å². The molecule has 1 aliphatic rings. The number of fused-ring (bicyclic) bond motifs is 1.